The van der Waals surface area contributed by atoms with E-state index in [0.717, 1.165) is 6.42 Å². The summed E-state index contributed by atoms with van der Waals surface area (Å²) in [6, 6.07) is 0. The van der Waals surface area contributed by atoms with Crippen molar-refractivity contribution in [1.29, 1.82) is 0 Å². The summed E-state index contributed by atoms with van der Waals surface area (Å²) in [5, 5.41) is 0. The van der Waals surface area contributed by atoms with Crippen LogP contribution in [-0.4, -0.2) is 12.6 Å². The largest absolute Gasteiger partial charge is 0.463 e. The fourth-order valence-corrected chi connectivity index (χ4v) is 2.55. The molecule has 2 heteroatoms. The fourth-order valence-electron chi connectivity index (χ4n) is 2.55. The third-order valence-corrected chi connectivity index (χ3v) is 3.97. The summed E-state index contributed by atoms with van der Waals surface area (Å²) in [5.74, 6) is 1.99. The highest BCUT2D eigenvalue weighted by molar-refractivity contribution is 5.88. The van der Waals surface area contributed by atoms with E-state index in [2.05, 4.69) is 27.4 Å². The monoisotopic (exact) mass is 210 g/mol. The molecule has 0 saturated heterocycles. The quantitative estimate of drug-likeness (QED) is 0.528. The van der Waals surface area contributed by atoms with Crippen LogP contribution in [0.5, 0.6) is 0 Å². The van der Waals surface area contributed by atoms with E-state index in [1.54, 1.807) is 0 Å². The molecule has 0 amide bonds. The molecule has 0 aromatic heterocycles. The van der Waals surface area contributed by atoms with Gasteiger partial charge in [0.2, 0.25) is 0 Å². The number of hydrogen-bond acceptors (Lipinski definition) is 2. The molecular formula is C13H22O2. The summed E-state index contributed by atoms with van der Waals surface area (Å²) in [4.78, 5) is 11.6. The molecule has 0 heterocycles. The minimum Gasteiger partial charge on any atom is -0.463 e. The van der Waals surface area contributed by atoms with Gasteiger partial charge in [-0.05, 0) is 37.0 Å². The van der Waals surface area contributed by atoms with Crippen LogP contribution in [0.25, 0.3) is 0 Å². The van der Waals surface area contributed by atoms with Gasteiger partial charge in [-0.25, -0.2) is 4.79 Å². The van der Waals surface area contributed by atoms with E-state index in [4.69, 9.17) is 4.74 Å². The molecule has 15 heavy (non-hydrogen) atoms. The maximum Gasteiger partial charge on any atom is 0.333 e. The minimum absolute atomic E-state index is 0.212. The van der Waals surface area contributed by atoms with Crippen molar-refractivity contribution < 1.29 is 9.53 Å². The minimum atomic E-state index is -0.212. The van der Waals surface area contributed by atoms with E-state index in [9.17, 15) is 4.79 Å². The van der Waals surface area contributed by atoms with Crippen molar-refractivity contribution in [3.63, 3.8) is 0 Å². The molecule has 86 valence electrons. The van der Waals surface area contributed by atoms with E-state index in [0.29, 0.717) is 35.9 Å². The van der Waals surface area contributed by atoms with Crippen molar-refractivity contribution in [3.05, 3.63) is 12.2 Å². The van der Waals surface area contributed by atoms with Gasteiger partial charge in [0.05, 0.1) is 6.61 Å². The van der Waals surface area contributed by atoms with Crippen LogP contribution in [0, 0.1) is 23.7 Å². The SMILES string of the molecule is C=C(C(=O)OCC)C1CC(C)C(C)C1C. The number of esters is 1. The van der Waals surface area contributed by atoms with Crippen molar-refractivity contribution in [2.45, 2.75) is 34.1 Å². The standard InChI is InChI=1S/C13H22O2/c1-6-15-13(14)11(5)12-7-8(2)9(3)10(12)4/h8-10,12H,5-7H2,1-4H3. The zero-order chi connectivity index (χ0) is 11.6. The molecule has 0 N–H and O–H groups in total. The molecule has 1 rings (SSSR count). The molecule has 4 atom stereocenters. The first kappa shape index (κ1) is 12.3. The van der Waals surface area contributed by atoms with E-state index in [1.165, 1.54) is 0 Å². The molecular weight excluding hydrogens is 188 g/mol. The van der Waals surface area contributed by atoms with Gasteiger partial charge in [-0.1, -0.05) is 27.4 Å². The fraction of sp³-hybridized carbons (Fsp3) is 0.769. The van der Waals surface area contributed by atoms with Gasteiger partial charge in [0.25, 0.3) is 0 Å². The Morgan fingerprint density at radius 3 is 2.33 bits per heavy atom. The van der Waals surface area contributed by atoms with Gasteiger partial charge < -0.3 is 4.74 Å². The number of carbonyl (C=O) groups is 1. The van der Waals surface area contributed by atoms with Crippen LogP contribution in [-0.2, 0) is 9.53 Å². The molecule has 0 spiro atoms. The lowest BCUT2D eigenvalue weighted by atomic mass is 9.87. The Bertz CT molecular complexity index is 257. The van der Waals surface area contributed by atoms with Gasteiger partial charge in [0.1, 0.15) is 0 Å². The Kier molecular flexibility index (Phi) is 3.95. The molecule has 0 aromatic carbocycles. The van der Waals surface area contributed by atoms with Gasteiger partial charge in [0.15, 0.2) is 0 Å². The number of carbonyl (C=O) groups excluding carboxylic acids is 1. The molecule has 1 aliphatic rings. The molecule has 2 nitrogen and oxygen atoms in total. The Hall–Kier alpha value is -0.790. The van der Waals surface area contributed by atoms with Crippen molar-refractivity contribution in [2.75, 3.05) is 6.61 Å². The highest BCUT2D eigenvalue weighted by atomic mass is 16.5. The predicted molar refractivity (Wildman–Crippen MR) is 61.4 cm³/mol. The second-order valence-electron chi connectivity index (χ2n) is 4.78. The van der Waals surface area contributed by atoms with Gasteiger partial charge in [0, 0.05) is 5.57 Å². The molecule has 4 unspecified atom stereocenters. The lowest BCUT2D eigenvalue weighted by molar-refractivity contribution is -0.139. The number of ether oxygens (including phenoxy) is 1. The third-order valence-electron chi connectivity index (χ3n) is 3.97. The molecule has 0 aromatic rings. The van der Waals surface area contributed by atoms with E-state index in [-0.39, 0.29) is 5.97 Å². The van der Waals surface area contributed by atoms with Gasteiger partial charge in [-0.15, -0.1) is 0 Å². The first-order chi connectivity index (χ1) is 6.99. The zero-order valence-corrected chi connectivity index (χ0v) is 10.2. The van der Waals surface area contributed by atoms with Gasteiger partial charge in [-0.3, -0.25) is 0 Å². The van der Waals surface area contributed by atoms with E-state index in [1.807, 2.05) is 6.92 Å². The van der Waals surface area contributed by atoms with Crippen molar-refractivity contribution in [1.82, 2.24) is 0 Å². The Labute approximate surface area is 92.7 Å². The average Bonchev–Trinajstić information content (AvgIpc) is 2.45. The Morgan fingerprint density at radius 2 is 1.93 bits per heavy atom. The third kappa shape index (κ3) is 2.42. The molecule has 0 radical (unpaired) electrons. The number of rotatable bonds is 3. The molecule has 0 aliphatic heterocycles. The highest BCUT2D eigenvalue weighted by Gasteiger charge is 2.38. The summed E-state index contributed by atoms with van der Waals surface area (Å²) < 4.78 is 5.00. The molecule has 0 bridgehead atoms. The van der Waals surface area contributed by atoms with Crippen LogP contribution in [0.3, 0.4) is 0 Å². The second kappa shape index (κ2) is 4.82. The highest BCUT2D eigenvalue weighted by Crippen LogP contribution is 2.44. The summed E-state index contributed by atoms with van der Waals surface area (Å²) >= 11 is 0. The van der Waals surface area contributed by atoms with Crippen LogP contribution in [0.4, 0.5) is 0 Å². The average molecular weight is 210 g/mol. The van der Waals surface area contributed by atoms with Crippen LogP contribution < -0.4 is 0 Å². The number of hydrogen-bond donors (Lipinski definition) is 0. The van der Waals surface area contributed by atoms with Crippen LogP contribution >= 0.6 is 0 Å². The lowest BCUT2D eigenvalue weighted by Crippen LogP contribution is -2.18. The van der Waals surface area contributed by atoms with Crippen LogP contribution in [0.2, 0.25) is 0 Å². The smallest absolute Gasteiger partial charge is 0.333 e. The second-order valence-corrected chi connectivity index (χ2v) is 4.78. The van der Waals surface area contributed by atoms with E-state index >= 15 is 0 Å². The summed E-state index contributed by atoms with van der Waals surface area (Å²) in [6.07, 6.45) is 1.07. The Balaban J connectivity index is 2.65. The Morgan fingerprint density at radius 1 is 1.33 bits per heavy atom. The maximum atomic E-state index is 11.6. The zero-order valence-electron chi connectivity index (χ0n) is 10.2. The first-order valence-electron chi connectivity index (χ1n) is 5.84. The van der Waals surface area contributed by atoms with Gasteiger partial charge in [-0.2, -0.15) is 0 Å². The lowest BCUT2D eigenvalue weighted by Gasteiger charge is -2.19. The van der Waals surface area contributed by atoms with Crippen molar-refractivity contribution in [3.8, 4) is 0 Å². The summed E-state index contributed by atoms with van der Waals surface area (Å²) in [5.41, 5.74) is 0.667. The van der Waals surface area contributed by atoms with Gasteiger partial charge >= 0.3 is 5.97 Å². The molecule has 1 saturated carbocycles. The molecule has 1 aliphatic carbocycles. The predicted octanol–water partition coefficient (Wildman–Crippen LogP) is 3.03. The normalized spacial score (nSPS) is 35.2. The summed E-state index contributed by atoms with van der Waals surface area (Å²) in [6.45, 7) is 12.9. The van der Waals surface area contributed by atoms with Crippen molar-refractivity contribution in [2.24, 2.45) is 23.7 Å². The summed E-state index contributed by atoms with van der Waals surface area (Å²) in [7, 11) is 0. The first-order valence-corrected chi connectivity index (χ1v) is 5.84. The van der Waals surface area contributed by atoms with E-state index < -0.39 is 0 Å². The van der Waals surface area contributed by atoms with Crippen LogP contribution in [0.15, 0.2) is 12.2 Å². The topological polar surface area (TPSA) is 26.3 Å². The maximum absolute atomic E-state index is 11.6. The van der Waals surface area contributed by atoms with Crippen LogP contribution in [0.1, 0.15) is 34.1 Å². The van der Waals surface area contributed by atoms with Crippen molar-refractivity contribution >= 4 is 5.97 Å². The molecule has 1 fully saturated rings.